The largest absolute Gasteiger partial charge is 0.493 e. The molecule has 0 unspecified atom stereocenters. The van der Waals surface area contributed by atoms with Gasteiger partial charge in [-0.1, -0.05) is 12.1 Å². The van der Waals surface area contributed by atoms with E-state index in [2.05, 4.69) is 30.8 Å². The topological polar surface area (TPSA) is 95.3 Å². The fraction of sp³-hybridized carbons (Fsp3) is 0.176. The van der Waals surface area contributed by atoms with Crippen LogP contribution >= 0.6 is 27.7 Å². The molecule has 1 aromatic heterocycles. The van der Waals surface area contributed by atoms with Gasteiger partial charge in [0, 0.05) is 22.5 Å². The summed E-state index contributed by atoms with van der Waals surface area (Å²) in [7, 11) is 0.843. The van der Waals surface area contributed by atoms with Crippen molar-refractivity contribution in [1.82, 2.24) is 14.8 Å². The summed E-state index contributed by atoms with van der Waals surface area (Å²) in [4.78, 5) is 0.724. The number of halogens is 1. The third kappa shape index (κ3) is 4.26. The number of sulfonamides is 1. The van der Waals surface area contributed by atoms with Crippen LogP contribution in [0.5, 0.6) is 11.5 Å². The minimum absolute atomic E-state index is 0.0311. The number of rotatable bonds is 7. The lowest BCUT2D eigenvalue weighted by Crippen LogP contribution is -2.14. The van der Waals surface area contributed by atoms with Gasteiger partial charge in [0.1, 0.15) is 11.2 Å². The first kappa shape index (κ1) is 20.5. The Bertz CT molecular complexity index is 1100. The van der Waals surface area contributed by atoms with Crippen LogP contribution in [-0.2, 0) is 17.1 Å². The van der Waals surface area contributed by atoms with E-state index in [9.17, 15) is 8.42 Å². The lowest BCUT2D eigenvalue weighted by atomic mass is 10.3. The molecule has 3 aromatic rings. The van der Waals surface area contributed by atoms with Crippen LogP contribution in [0.4, 0.5) is 5.69 Å². The van der Waals surface area contributed by atoms with Crippen molar-refractivity contribution >= 4 is 43.4 Å². The smallest absolute Gasteiger partial charge is 0.263 e. The number of para-hydroxylation sites is 1. The Morgan fingerprint density at radius 1 is 1.14 bits per heavy atom. The monoisotopic (exact) mass is 484 g/mol. The van der Waals surface area contributed by atoms with Crippen LogP contribution in [0, 0.1) is 0 Å². The lowest BCUT2D eigenvalue weighted by molar-refractivity contribution is 0.353. The molecule has 0 atom stereocenters. The van der Waals surface area contributed by atoms with Gasteiger partial charge in [0.15, 0.2) is 16.7 Å². The van der Waals surface area contributed by atoms with Crippen molar-refractivity contribution in [3.8, 4) is 11.5 Å². The van der Waals surface area contributed by atoms with Crippen LogP contribution in [0.3, 0.4) is 0 Å². The molecule has 0 spiro atoms. The molecule has 1 N–H and O–H groups in total. The van der Waals surface area contributed by atoms with Crippen molar-refractivity contribution in [2.24, 2.45) is 7.05 Å². The Kier molecular flexibility index (Phi) is 6.16. The molecular formula is C17H17BrN4O4S2. The van der Waals surface area contributed by atoms with E-state index in [0.29, 0.717) is 31.7 Å². The summed E-state index contributed by atoms with van der Waals surface area (Å²) >= 11 is 4.60. The van der Waals surface area contributed by atoms with E-state index in [4.69, 9.17) is 9.47 Å². The van der Waals surface area contributed by atoms with Gasteiger partial charge >= 0.3 is 0 Å². The second-order valence-electron chi connectivity index (χ2n) is 5.57. The van der Waals surface area contributed by atoms with Crippen LogP contribution in [-0.4, -0.2) is 37.4 Å². The Balaban J connectivity index is 1.97. The summed E-state index contributed by atoms with van der Waals surface area (Å²) < 4.78 is 41.2. The van der Waals surface area contributed by atoms with E-state index >= 15 is 0 Å². The minimum Gasteiger partial charge on any atom is -0.493 e. The second-order valence-corrected chi connectivity index (χ2v) is 9.08. The van der Waals surface area contributed by atoms with Gasteiger partial charge in [0.05, 0.1) is 19.9 Å². The molecule has 0 aliphatic carbocycles. The highest BCUT2D eigenvalue weighted by atomic mass is 79.9. The van der Waals surface area contributed by atoms with Gasteiger partial charge in [-0.3, -0.25) is 4.72 Å². The quantitative estimate of drug-likeness (QED) is 0.547. The SMILES string of the molecule is COc1cc(Br)c(S(=O)(=O)Nc2ccccc2Sc2nncn2C)cc1OC. The number of hydrogen-bond donors (Lipinski definition) is 1. The van der Waals surface area contributed by atoms with Crippen LogP contribution < -0.4 is 14.2 Å². The highest BCUT2D eigenvalue weighted by Crippen LogP contribution is 2.38. The van der Waals surface area contributed by atoms with Crippen molar-refractivity contribution in [2.45, 2.75) is 14.9 Å². The van der Waals surface area contributed by atoms with Crippen LogP contribution in [0.25, 0.3) is 0 Å². The number of anilines is 1. The molecule has 0 radical (unpaired) electrons. The summed E-state index contributed by atoms with van der Waals surface area (Å²) in [5, 5.41) is 8.50. The molecule has 0 amide bonds. The highest BCUT2D eigenvalue weighted by Gasteiger charge is 2.23. The standard InChI is InChI=1S/C17H17BrN4O4S2/c1-22-10-19-20-17(22)27-15-7-5-4-6-12(15)21-28(23,24)16-9-14(26-3)13(25-2)8-11(16)18/h4-10,21H,1-3H3. The zero-order valence-electron chi connectivity index (χ0n) is 15.2. The van der Waals surface area contributed by atoms with Gasteiger partial charge in [0.25, 0.3) is 10.0 Å². The zero-order valence-corrected chi connectivity index (χ0v) is 18.4. The molecule has 8 nitrogen and oxygen atoms in total. The van der Waals surface area contributed by atoms with E-state index in [-0.39, 0.29) is 4.90 Å². The molecule has 1 heterocycles. The summed E-state index contributed by atoms with van der Waals surface area (Å²) in [6, 6.07) is 10.0. The van der Waals surface area contributed by atoms with E-state index < -0.39 is 10.0 Å². The molecule has 3 rings (SSSR count). The van der Waals surface area contributed by atoms with Crippen molar-refractivity contribution in [3.05, 3.63) is 47.2 Å². The third-order valence-electron chi connectivity index (χ3n) is 3.73. The van der Waals surface area contributed by atoms with E-state index in [1.807, 2.05) is 13.1 Å². The maximum absolute atomic E-state index is 13.0. The van der Waals surface area contributed by atoms with Crippen molar-refractivity contribution in [2.75, 3.05) is 18.9 Å². The summed E-state index contributed by atoms with van der Waals surface area (Å²) in [5.74, 6) is 0.736. The molecule has 0 aliphatic heterocycles. The average molecular weight is 485 g/mol. The summed E-state index contributed by atoms with van der Waals surface area (Å²) in [6.45, 7) is 0. The molecule has 2 aromatic carbocycles. The fourth-order valence-corrected chi connectivity index (χ4v) is 5.38. The molecule has 0 bridgehead atoms. The molecular weight excluding hydrogens is 468 g/mol. The predicted molar refractivity (Wildman–Crippen MR) is 110 cm³/mol. The van der Waals surface area contributed by atoms with E-state index in [0.717, 1.165) is 0 Å². The number of methoxy groups -OCH3 is 2. The van der Waals surface area contributed by atoms with Crippen LogP contribution in [0.15, 0.2) is 62.1 Å². The van der Waals surface area contributed by atoms with Gasteiger partial charge in [-0.15, -0.1) is 10.2 Å². The maximum Gasteiger partial charge on any atom is 0.263 e. The minimum atomic E-state index is -3.90. The van der Waals surface area contributed by atoms with E-state index in [1.165, 1.54) is 32.0 Å². The average Bonchev–Trinajstić information content (AvgIpc) is 3.07. The van der Waals surface area contributed by atoms with Crippen molar-refractivity contribution < 1.29 is 17.9 Å². The summed E-state index contributed by atoms with van der Waals surface area (Å²) in [6.07, 6.45) is 1.58. The molecule has 11 heteroatoms. The Labute approximate surface area is 175 Å². The zero-order chi connectivity index (χ0) is 20.3. The summed E-state index contributed by atoms with van der Waals surface area (Å²) in [5.41, 5.74) is 0.428. The maximum atomic E-state index is 13.0. The molecule has 28 heavy (non-hydrogen) atoms. The molecule has 0 fully saturated rings. The molecule has 148 valence electrons. The van der Waals surface area contributed by atoms with Crippen molar-refractivity contribution in [1.29, 1.82) is 0 Å². The number of nitrogens with one attached hydrogen (secondary N) is 1. The van der Waals surface area contributed by atoms with Gasteiger partial charge < -0.3 is 14.0 Å². The Hall–Kier alpha value is -2.24. The van der Waals surface area contributed by atoms with Gasteiger partial charge in [-0.2, -0.15) is 0 Å². The molecule has 0 saturated carbocycles. The number of ether oxygens (including phenoxy) is 2. The number of benzene rings is 2. The highest BCUT2D eigenvalue weighted by molar-refractivity contribution is 9.10. The van der Waals surface area contributed by atoms with Crippen LogP contribution in [0.2, 0.25) is 0 Å². The number of aromatic nitrogens is 3. The predicted octanol–water partition coefficient (Wildman–Crippen LogP) is 3.55. The normalized spacial score (nSPS) is 11.3. The first-order valence-corrected chi connectivity index (χ1v) is 11.0. The number of hydrogen-bond acceptors (Lipinski definition) is 7. The van der Waals surface area contributed by atoms with Crippen LogP contribution in [0.1, 0.15) is 0 Å². The van der Waals surface area contributed by atoms with Gasteiger partial charge in [-0.25, -0.2) is 8.42 Å². The lowest BCUT2D eigenvalue weighted by Gasteiger charge is -2.15. The molecule has 0 saturated heterocycles. The Morgan fingerprint density at radius 3 is 2.46 bits per heavy atom. The first-order chi connectivity index (χ1) is 13.4. The first-order valence-electron chi connectivity index (χ1n) is 7.91. The third-order valence-corrected chi connectivity index (χ3v) is 7.18. The second kappa shape index (κ2) is 8.41. The van der Waals surface area contributed by atoms with Gasteiger partial charge in [0.2, 0.25) is 0 Å². The Morgan fingerprint density at radius 2 is 1.82 bits per heavy atom. The fourth-order valence-electron chi connectivity index (χ4n) is 2.34. The van der Waals surface area contributed by atoms with Crippen molar-refractivity contribution in [3.63, 3.8) is 0 Å². The van der Waals surface area contributed by atoms with Gasteiger partial charge in [-0.05, 0) is 45.9 Å². The van der Waals surface area contributed by atoms with E-state index in [1.54, 1.807) is 35.2 Å². The number of nitrogens with zero attached hydrogens (tertiary/aromatic N) is 3. The molecule has 0 aliphatic rings. The number of aryl methyl sites for hydroxylation is 1.